The molecule has 284 valence electrons. The van der Waals surface area contributed by atoms with Crippen molar-refractivity contribution >= 4 is 17.1 Å². The number of hydrogen-bond acceptors (Lipinski definition) is 1. The molecule has 0 spiro atoms. The van der Waals surface area contributed by atoms with Crippen molar-refractivity contribution in [2.24, 2.45) is 0 Å². The molecule has 13 heteroatoms. The lowest BCUT2D eigenvalue weighted by Gasteiger charge is -2.26. The van der Waals surface area contributed by atoms with Gasteiger partial charge in [0, 0.05) is 17.1 Å². The van der Waals surface area contributed by atoms with Crippen LogP contribution in [0.4, 0.5) is 69.7 Å². The highest BCUT2D eigenvalue weighted by Crippen LogP contribution is 2.44. The predicted octanol–water partition coefficient (Wildman–Crippen LogP) is 14.8. The Bertz CT molecular complexity index is 2310. The van der Waals surface area contributed by atoms with Crippen LogP contribution in [0.5, 0.6) is 0 Å². The highest BCUT2D eigenvalue weighted by Gasteiger charge is 2.39. The quantitative estimate of drug-likeness (QED) is 0.152. The maximum absolute atomic E-state index is 14.0. The van der Waals surface area contributed by atoms with Gasteiger partial charge in [0.15, 0.2) is 0 Å². The molecule has 55 heavy (non-hydrogen) atoms. The topological polar surface area (TPSA) is 3.24 Å². The summed E-state index contributed by atoms with van der Waals surface area (Å²) < 4.78 is 164. The van der Waals surface area contributed by atoms with Crippen molar-refractivity contribution in [3.8, 4) is 33.4 Å². The molecule has 0 N–H and O–H groups in total. The van der Waals surface area contributed by atoms with Crippen molar-refractivity contribution in [2.75, 3.05) is 4.90 Å². The van der Waals surface area contributed by atoms with E-state index in [9.17, 15) is 52.7 Å². The third kappa shape index (κ3) is 8.35. The molecule has 0 aliphatic heterocycles. The largest absolute Gasteiger partial charge is 0.417 e. The zero-order valence-corrected chi connectivity index (χ0v) is 28.6. The van der Waals surface area contributed by atoms with Crippen molar-refractivity contribution in [3.63, 3.8) is 0 Å². The third-order valence-corrected chi connectivity index (χ3v) is 9.00. The average molecular weight is 774 g/mol. The zero-order chi connectivity index (χ0) is 40.1. The molecule has 0 bridgehead atoms. The predicted molar refractivity (Wildman–Crippen MR) is 187 cm³/mol. The smallest absolute Gasteiger partial charge is 0.311 e. The summed E-state index contributed by atoms with van der Waals surface area (Å²) in [7, 11) is 0. The van der Waals surface area contributed by atoms with E-state index in [0.29, 0.717) is 45.4 Å². The van der Waals surface area contributed by atoms with Gasteiger partial charge in [-0.2, -0.15) is 52.7 Å². The number of hydrogen-bond donors (Lipinski definition) is 0. The Kier molecular flexibility index (Phi) is 10.0. The van der Waals surface area contributed by atoms with E-state index in [-0.39, 0.29) is 22.8 Å². The number of anilines is 3. The monoisotopic (exact) mass is 773 g/mol. The van der Waals surface area contributed by atoms with Crippen LogP contribution in [-0.4, -0.2) is 0 Å². The summed E-state index contributed by atoms with van der Waals surface area (Å²) in [6, 6.07) is 26.8. The Morgan fingerprint density at radius 2 is 0.691 bits per heavy atom. The molecule has 0 saturated heterocycles. The van der Waals surface area contributed by atoms with Gasteiger partial charge in [-0.15, -0.1) is 0 Å². The van der Waals surface area contributed by atoms with Gasteiger partial charge in [0.25, 0.3) is 0 Å². The molecule has 6 aromatic rings. The molecule has 0 atom stereocenters. The molecule has 0 radical (unpaired) electrons. The summed E-state index contributed by atoms with van der Waals surface area (Å²) in [4.78, 5) is 1.65. The second-order valence-electron chi connectivity index (χ2n) is 12.8. The third-order valence-electron chi connectivity index (χ3n) is 9.00. The first kappa shape index (κ1) is 39.0. The first-order chi connectivity index (χ1) is 25.6. The number of aryl methyl sites for hydroxylation is 2. The maximum Gasteiger partial charge on any atom is 0.417 e. The molecule has 0 fully saturated rings. The van der Waals surface area contributed by atoms with E-state index >= 15 is 0 Å². The summed E-state index contributed by atoms with van der Waals surface area (Å²) in [5.74, 6) is 0. The maximum atomic E-state index is 14.0. The van der Waals surface area contributed by atoms with Gasteiger partial charge in [-0.25, -0.2) is 0 Å². The van der Waals surface area contributed by atoms with Gasteiger partial charge in [-0.1, -0.05) is 66.2 Å². The molecule has 0 aliphatic rings. The molecule has 0 unspecified atom stereocenters. The van der Waals surface area contributed by atoms with Gasteiger partial charge in [-0.05, 0) is 120 Å². The van der Waals surface area contributed by atoms with Crippen LogP contribution in [0.2, 0.25) is 0 Å². The molecule has 0 amide bonds. The highest BCUT2D eigenvalue weighted by molar-refractivity contribution is 5.82. The van der Waals surface area contributed by atoms with E-state index in [4.69, 9.17) is 0 Å². The minimum absolute atomic E-state index is 0.0349. The lowest BCUT2D eigenvalue weighted by molar-refractivity contribution is -0.143. The number of rotatable bonds is 6. The molecular weight excluding hydrogens is 746 g/mol. The van der Waals surface area contributed by atoms with Crippen LogP contribution in [-0.2, 0) is 24.7 Å². The SMILES string of the molecule is Cc1ccc(-c2ccc(N(c3ccc(-c4ccc(C(F)(F)F)cc4C)cc3)c3ccc(-c4ccc(C(F)(F)F)cc4C(F)(F)F)cc3)cc2)c(C(F)(F)F)c1. The molecule has 6 rings (SSSR count). The standard InChI is InChI=1S/C42H27F12N/c1-24-3-18-35(37(21-24)41(49,50)51)27-6-14-32(15-7-27)55(31-12-4-26(5-13-31)34-19-10-29(22-25(34)2)39(43,44)45)33-16-8-28(9-17-33)36-20-11-30(40(46,47)48)23-38(36)42(52,53)54/h3-23H,1-2H3. The van der Waals surface area contributed by atoms with E-state index in [0.717, 1.165) is 24.3 Å². The van der Waals surface area contributed by atoms with Gasteiger partial charge in [0.1, 0.15) is 0 Å². The summed E-state index contributed by atoms with van der Waals surface area (Å²) in [6.07, 6.45) is -19.3. The molecule has 0 aliphatic carbocycles. The Morgan fingerprint density at radius 3 is 1.07 bits per heavy atom. The summed E-state index contributed by atoms with van der Waals surface area (Å²) in [6.45, 7) is 3.07. The fourth-order valence-corrected chi connectivity index (χ4v) is 6.33. The minimum Gasteiger partial charge on any atom is -0.311 e. The van der Waals surface area contributed by atoms with Crippen LogP contribution in [0.25, 0.3) is 33.4 Å². The van der Waals surface area contributed by atoms with E-state index in [1.807, 2.05) is 0 Å². The Morgan fingerprint density at radius 1 is 0.345 bits per heavy atom. The number of halogens is 12. The van der Waals surface area contributed by atoms with E-state index in [2.05, 4.69) is 0 Å². The summed E-state index contributed by atoms with van der Waals surface area (Å²) in [5.41, 5.74) is -1.80. The molecule has 0 aromatic heterocycles. The van der Waals surface area contributed by atoms with Crippen LogP contribution in [0, 0.1) is 13.8 Å². The van der Waals surface area contributed by atoms with Crippen molar-refractivity contribution < 1.29 is 52.7 Å². The van der Waals surface area contributed by atoms with Gasteiger partial charge in [0.2, 0.25) is 0 Å². The molecule has 6 aromatic carbocycles. The van der Waals surface area contributed by atoms with E-state index in [1.54, 1.807) is 47.4 Å². The molecule has 0 saturated carbocycles. The first-order valence-corrected chi connectivity index (χ1v) is 16.4. The lowest BCUT2D eigenvalue weighted by atomic mass is 9.96. The normalized spacial score (nSPS) is 12.5. The number of nitrogens with zero attached hydrogens (tertiary/aromatic N) is 1. The molecule has 0 heterocycles. The fourth-order valence-electron chi connectivity index (χ4n) is 6.33. The number of benzene rings is 6. The second kappa shape index (κ2) is 14.2. The van der Waals surface area contributed by atoms with Gasteiger partial charge in [0.05, 0.1) is 22.3 Å². The van der Waals surface area contributed by atoms with Gasteiger partial charge >= 0.3 is 24.7 Å². The first-order valence-electron chi connectivity index (χ1n) is 16.4. The Hall–Kier alpha value is -5.72. The molecule has 1 nitrogen and oxygen atoms in total. The van der Waals surface area contributed by atoms with Crippen molar-refractivity contribution in [1.29, 1.82) is 0 Å². The van der Waals surface area contributed by atoms with Crippen molar-refractivity contribution in [2.45, 2.75) is 38.6 Å². The Balaban J connectivity index is 1.43. The summed E-state index contributed by atoms with van der Waals surface area (Å²) in [5, 5.41) is 0. The van der Waals surface area contributed by atoms with Crippen molar-refractivity contribution in [1.82, 2.24) is 0 Å². The van der Waals surface area contributed by atoms with Crippen LogP contribution in [0.1, 0.15) is 33.4 Å². The van der Waals surface area contributed by atoms with Crippen LogP contribution >= 0.6 is 0 Å². The van der Waals surface area contributed by atoms with Gasteiger partial charge in [-0.3, -0.25) is 0 Å². The Labute approximate surface area is 307 Å². The van der Waals surface area contributed by atoms with E-state index < -0.39 is 52.5 Å². The van der Waals surface area contributed by atoms with E-state index in [1.165, 1.54) is 62.4 Å². The minimum atomic E-state index is -5.11. The highest BCUT2D eigenvalue weighted by atomic mass is 19.4. The average Bonchev–Trinajstić information content (AvgIpc) is 3.11. The van der Waals surface area contributed by atoms with Crippen LogP contribution < -0.4 is 4.90 Å². The van der Waals surface area contributed by atoms with Crippen LogP contribution in [0.3, 0.4) is 0 Å². The van der Waals surface area contributed by atoms with Crippen LogP contribution in [0.15, 0.2) is 127 Å². The van der Waals surface area contributed by atoms with Gasteiger partial charge < -0.3 is 4.90 Å². The van der Waals surface area contributed by atoms with Crippen molar-refractivity contribution in [3.05, 3.63) is 161 Å². The summed E-state index contributed by atoms with van der Waals surface area (Å²) >= 11 is 0. The lowest BCUT2D eigenvalue weighted by Crippen LogP contribution is -2.12. The fraction of sp³-hybridized carbons (Fsp3) is 0.143. The zero-order valence-electron chi connectivity index (χ0n) is 28.6. The second-order valence-corrected chi connectivity index (χ2v) is 12.8. The number of alkyl halides is 12. The molecular formula is C42H27F12N.